The molecule has 1 heterocycles. The van der Waals surface area contributed by atoms with E-state index in [1.165, 1.54) is 12.8 Å². The number of benzene rings is 1. The standard InChI is InChI=1S/C26H31NO3/c1-29-24-9-8-22(17-25(24)30-23-6-2-3-7-23)26(13-4-5-21(18-26)19-28)14-10-20-11-15-27-16-12-20/h8-9,11-12,15-17,21,23,28H,2-7,13,18-19H2,1H3/t21-,26+/m0/s1. The molecule has 2 atom stereocenters. The highest BCUT2D eigenvalue weighted by Crippen LogP contribution is 2.44. The second-order valence-electron chi connectivity index (χ2n) is 8.60. The maximum absolute atomic E-state index is 9.88. The lowest BCUT2D eigenvalue weighted by Gasteiger charge is -2.37. The SMILES string of the molecule is COc1ccc([C@@]2(C#Cc3ccncc3)CCC[C@H](CO)C2)cc1OC1CCCC1. The molecule has 2 aliphatic rings. The molecule has 1 aromatic carbocycles. The molecule has 4 rings (SSSR count). The first-order valence-electron chi connectivity index (χ1n) is 11.1. The van der Waals surface area contributed by atoms with Crippen LogP contribution in [0.2, 0.25) is 0 Å². The summed E-state index contributed by atoms with van der Waals surface area (Å²) in [6, 6.07) is 10.2. The van der Waals surface area contributed by atoms with Crippen LogP contribution < -0.4 is 9.47 Å². The molecule has 2 aromatic rings. The smallest absolute Gasteiger partial charge is 0.161 e. The Hall–Kier alpha value is -2.51. The van der Waals surface area contributed by atoms with E-state index in [2.05, 4.69) is 29.0 Å². The molecule has 0 amide bonds. The second kappa shape index (κ2) is 9.53. The summed E-state index contributed by atoms with van der Waals surface area (Å²) in [6.07, 6.45) is 12.4. The Balaban J connectivity index is 1.72. The third-order valence-corrected chi connectivity index (χ3v) is 6.55. The third kappa shape index (κ3) is 4.63. The fourth-order valence-corrected chi connectivity index (χ4v) is 4.87. The molecule has 4 heteroatoms. The summed E-state index contributed by atoms with van der Waals surface area (Å²) in [4.78, 5) is 4.09. The highest BCUT2D eigenvalue weighted by molar-refractivity contribution is 5.49. The normalized spacial score (nSPS) is 24.1. The zero-order valence-electron chi connectivity index (χ0n) is 17.8. The molecule has 2 saturated carbocycles. The number of pyridine rings is 1. The van der Waals surface area contributed by atoms with Crippen molar-refractivity contribution in [1.82, 2.24) is 4.98 Å². The molecule has 2 fully saturated rings. The first kappa shape index (κ1) is 20.8. The molecule has 1 aromatic heterocycles. The van der Waals surface area contributed by atoms with Gasteiger partial charge in [-0.15, -0.1) is 0 Å². The van der Waals surface area contributed by atoms with E-state index in [4.69, 9.17) is 9.47 Å². The Bertz CT molecular complexity index is 895. The number of aliphatic hydroxyl groups excluding tert-OH is 1. The number of aliphatic hydroxyl groups is 1. The predicted octanol–water partition coefficient (Wildman–Crippen LogP) is 4.88. The molecule has 0 radical (unpaired) electrons. The lowest BCUT2D eigenvalue weighted by Crippen LogP contribution is -2.33. The van der Waals surface area contributed by atoms with Crippen molar-refractivity contribution in [3.63, 3.8) is 0 Å². The van der Waals surface area contributed by atoms with E-state index in [-0.39, 0.29) is 24.0 Å². The Morgan fingerprint density at radius 3 is 2.60 bits per heavy atom. The van der Waals surface area contributed by atoms with Crippen LogP contribution in [0.4, 0.5) is 0 Å². The van der Waals surface area contributed by atoms with Crippen molar-refractivity contribution in [1.29, 1.82) is 0 Å². The first-order valence-corrected chi connectivity index (χ1v) is 11.1. The molecule has 0 aliphatic heterocycles. The van der Waals surface area contributed by atoms with Crippen molar-refractivity contribution in [3.05, 3.63) is 53.9 Å². The number of methoxy groups -OCH3 is 1. The van der Waals surface area contributed by atoms with Gasteiger partial charge in [0.2, 0.25) is 0 Å². The van der Waals surface area contributed by atoms with Gasteiger partial charge in [0.05, 0.1) is 18.6 Å². The van der Waals surface area contributed by atoms with Crippen LogP contribution in [0.1, 0.15) is 62.5 Å². The van der Waals surface area contributed by atoms with Crippen molar-refractivity contribution >= 4 is 0 Å². The minimum Gasteiger partial charge on any atom is -0.493 e. The van der Waals surface area contributed by atoms with Gasteiger partial charge < -0.3 is 14.6 Å². The van der Waals surface area contributed by atoms with Crippen LogP contribution in [0.15, 0.2) is 42.7 Å². The Morgan fingerprint density at radius 1 is 1.07 bits per heavy atom. The first-order chi connectivity index (χ1) is 14.7. The van der Waals surface area contributed by atoms with E-state index in [0.717, 1.165) is 61.2 Å². The summed E-state index contributed by atoms with van der Waals surface area (Å²) in [5.41, 5.74) is 1.83. The van der Waals surface area contributed by atoms with E-state index in [0.29, 0.717) is 0 Å². The maximum atomic E-state index is 9.88. The largest absolute Gasteiger partial charge is 0.493 e. The minimum absolute atomic E-state index is 0.209. The van der Waals surface area contributed by atoms with Crippen molar-refractivity contribution in [3.8, 4) is 23.3 Å². The van der Waals surface area contributed by atoms with Gasteiger partial charge in [-0.05, 0) is 80.7 Å². The topological polar surface area (TPSA) is 51.6 Å². The second-order valence-corrected chi connectivity index (χ2v) is 8.60. The highest BCUT2D eigenvalue weighted by atomic mass is 16.5. The van der Waals surface area contributed by atoms with E-state index in [9.17, 15) is 5.11 Å². The predicted molar refractivity (Wildman–Crippen MR) is 118 cm³/mol. The fourth-order valence-electron chi connectivity index (χ4n) is 4.87. The van der Waals surface area contributed by atoms with Gasteiger partial charge in [-0.3, -0.25) is 4.98 Å². The number of hydrogen-bond donors (Lipinski definition) is 1. The number of aromatic nitrogens is 1. The van der Waals surface area contributed by atoms with Crippen LogP contribution in [0.3, 0.4) is 0 Å². The molecule has 0 unspecified atom stereocenters. The maximum Gasteiger partial charge on any atom is 0.161 e. The number of rotatable bonds is 5. The van der Waals surface area contributed by atoms with E-state index in [1.807, 2.05) is 18.2 Å². The van der Waals surface area contributed by atoms with Gasteiger partial charge in [0, 0.05) is 24.6 Å². The molecular weight excluding hydrogens is 374 g/mol. The zero-order chi connectivity index (χ0) is 20.8. The Labute approximate surface area is 179 Å². The Kier molecular flexibility index (Phi) is 6.59. The third-order valence-electron chi connectivity index (χ3n) is 6.55. The van der Waals surface area contributed by atoms with Crippen molar-refractivity contribution < 1.29 is 14.6 Å². The van der Waals surface area contributed by atoms with E-state index >= 15 is 0 Å². The monoisotopic (exact) mass is 405 g/mol. The van der Waals surface area contributed by atoms with Gasteiger partial charge in [-0.1, -0.05) is 24.3 Å². The van der Waals surface area contributed by atoms with Gasteiger partial charge in [0.15, 0.2) is 11.5 Å². The molecule has 1 N–H and O–H groups in total. The van der Waals surface area contributed by atoms with Gasteiger partial charge in [0.1, 0.15) is 0 Å². The molecule has 30 heavy (non-hydrogen) atoms. The van der Waals surface area contributed by atoms with Crippen molar-refractivity contribution in [2.75, 3.05) is 13.7 Å². The molecule has 158 valence electrons. The summed E-state index contributed by atoms with van der Waals surface area (Å²) in [5.74, 6) is 8.84. The number of nitrogens with zero attached hydrogens (tertiary/aromatic N) is 1. The summed E-state index contributed by atoms with van der Waals surface area (Å²) in [6.45, 7) is 0.209. The van der Waals surface area contributed by atoms with E-state index in [1.54, 1.807) is 19.5 Å². The average molecular weight is 406 g/mol. The van der Waals surface area contributed by atoms with Crippen LogP contribution >= 0.6 is 0 Å². The number of ether oxygens (including phenoxy) is 2. The molecule has 4 nitrogen and oxygen atoms in total. The highest BCUT2D eigenvalue weighted by Gasteiger charge is 2.37. The zero-order valence-corrected chi connectivity index (χ0v) is 17.8. The van der Waals surface area contributed by atoms with Crippen molar-refractivity contribution in [2.45, 2.75) is 62.9 Å². The van der Waals surface area contributed by atoms with Crippen LogP contribution in [0.25, 0.3) is 0 Å². The van der Waals surface area contributed by atoms with Gasteiger partial charge in [-0.25, -0.2) is 0 Å². The summed E-state index contributed by atoms with van der Waals surface area (Å²) in [7, 11) is 1.69. The summed E-state index contributed by atoms with van der Waals surface area (Å²) >= 11 is 0. The molecule has 2 aliphatic carbocycles. The van der Waals surface area contributed by atoms with Crippen LogP contribution in [0.5, 0.6) is 11.5 Å². The summed E-state index contributed by atoms with van der Waals surface area (Å²) < 4.78 is 12.0. The van der Waals surface area contributed by atoms with Gasteiger partial charge in [0.25, 0.3) is 0 Å². The average Bonchev–Trinajstić information content (AvgIpc) is 3.31. The number of hydrogen-bond acceptors (Lipinski definition) is 4. The lowest BCUT2D eigenvalue weighted by molar-refractivity contribution is 0.162. The molecule has 0 saturated heterocycles. The lowest BCUT2D eigenvalue weighted by atomic mass is 9.66. The van der Waals surface area contributed by atoms with Gasteiger partial charge >= 0.3 is 0 Å². The molecular formula is C26H31NO3. The Morgan fingerprint density at radius 2 is 1.87 bits per heavy atom. The fraction of sp³-hybridized carbons (Fsp3) is 0.500. The minimum atomic E-state index is -0.297. The molecule has 0 spiro atoms. The van der Waals surface area contributed by atoms with Gasteiger partial charge in [-0.2, -0.15) is 0 Å². The van der Waals surface area contributed by atoms with Crippen molar-refractivity contribution in [2.24, 2.45) is 5.92 Å². The van der Waals surface area contributed by atoms with Crippen LogP contribution in [0, 0.1) is 17.8 Å². The van der Waals surface area contributed by atoms with Crippen LogP contribution in [-0.4, -0.2) is 29.9 Å². The quantitative estimate of drug-likeness (QED) is 0.720. The van der Waals surface area contributed by atoms with Crippen LogP contribution in [-0.2, 0) is 5.41 Å². The molecule has 0 bridgehead atoms. The summed E-state index contributed by atoms with van der Waals surface area (Å²) in [5, 5.41) is 9.88. The van der Waals surface area contributed by atoms with E-state index < -0.39 is 0 Å².